The Balaban J connectivity index is 2.22. The molecule has 2 aromatic carbocycles. The zero-order valence-electron chi connectivity index (χ0n) is 15.5. The summed E-state index contributed by atoms with van der Waals surface area (Å²) in [6.07, 6.45) is 0.777. The maximum absolute atomic E-state index is 12.8. The number of carbonyl (C=O) groups excluding carboxylic acids is 2. The zero-order chi connectivity index (χ0) is 19.3. The predicted octanol–water partition coefficient (Wildman–Crippen LogP) is 4.03. The number of hydrogen-bond donors (Lipinski definition) is 2. The molecule has 0 atom stereocenters. The van der Waals surface area contributed by atoms with Crippen molar-refractivity contribution in [1.82, 2.24) is 0 Å². The number of nitrogens with zero attached hydrogens (tertiary/aromatic N) is 1. The molecule has 0 aliphatic rings. The highest BCUT2D eigenvalue weighted by Crippen LogP contribution is 2.26. The van der Waals surface area contributed by atoms with Gasteiger partial charge in [0.15, 0.2) is 0 Å². The summed E-state index contributed by atoms with van der Waals surface area (Å²) in [7, 11) is 0. The number of carbonyl (C=O) groups is 2. The standard InChI is InChI=1S/C21H23N3O2/c1-5-15-11-8-9-14(2)18(15)24-20(26)21(3,4)19(25)23-17-12-7-6-10-16(17)13-22/h6-12H,5H2,1-4H3,(H,23,25)(H,24,26). The van der Waals surface area contributed by atoms with E-state index in [1.807, 2.05) is 38.1 Å². The zero-order valence-corrected chi connectivity index (χ0v) is 15.5. The van der Waals surface area contributed by atoms with Gasteiger partial charge in [0.2, 0.25) is 11.8 Å². The van der Waals surface area contributed by atoms with Crippen LogP contribution in [0.4, 0.5) is 11.4 Å². The van der Waals surface area contributed by atoms with Crippen molar-refractivity contribution in [2.45, 2.75) is 34.1 Å². The van der Waals surface area contributed by atoms with Crippen LogP contribution < -0.4 is 10.6 Å². The summed E-state index contributed by atoms with van der Waals surface area (Å²) in [5, 5.41) is 14.7. The van der Waals surface area contributed by atoms with Gasteiger partial charge in [-0.25, -0.2) is 0 Å². The summed E-state index contributed by atoms with van der Waals surface area (Å²) in [6, 6.07) is 14.6. The monoisotopic (exact) mass is 349 g/mol. The van der Waals surface area contributed by atoms with E-state index in [2.05, 4.69) is 10.6 Å². The second-order valence-electron chi connectivity index (χ2n) is 6.65. The number of benzene rings is 2. The van der Waals surface area contributed by atoms with Crippen LogP contribution in [-0.4, -0.2) is 11.8 Å². The van der Waals surface area contributed by atoms with Gasteiger partial charge in [0.05, 0.1) is 11.3 Å². The van der Waals surface area contributed by atoms with Crippen molar-refractivity contribution in [3.8, 4) is 6.07 Å². The summed E-state index contributed by atoms with van der Waals surface area (Å²) in [6.45, 7) is 7.07. The molecule has 0 radical (unpaired) electrons. The maximum Gasteiger partial charge on any atom is 0.239 e. The molecule has 26 heavy (non-hydrogen) atoms. The molecule has 0 aliphatic carbocycles. The smallest absolute Gasteiger partial charge is 0.239 e. The van der Waals surface area contributed by atoms with Gasteiger partial charge < -0.3 is 10.6 Å². The normalized spacial score (nSPS) is 10.7. The Labute approximate surface area is 154 Å². The lowest BCUT2D eigenvalue weighted by Gasteiger charge is -2.24. The minimum Gasteiger partial charge on any atom is -0.325 e. The molecule has 0 saturated heterocycles. The third kappa shape index (κ3) is 3.92. The van der Waals surface area contributed by atoms with Crippen molar-refractivity contribution in [3.63, 3.8) is 0 Å². The van der Waals surface area contributed by atoms with Crippen LogP contribution in [0.1, 0.15) is 37.5 Å². The maximum atomic E-state index is 12.8. The largest absolute Gasteiger partial charge is 0.325 e. The molecule has 5 nitrogen and oxygen atoms in total. The first-order valence-corrected chi connectivity index (χ1v) is 8.51. The van der Waals surface area contributed by atoms with E-state index in [0.717, 1.165) is 23.2 Å². The van der Waals surface area contributed by atoms with Gasteiger partial charge in [-0.05, 0) is 50.5 Å². The second kappa shape index (κ2) is 7.83. The van der Waals surface area contributed by atoms with Gasteiger partial charge in [-0.3, -0.25) is 9.59 Å². The average Bonchev–Trinajstić information content (AvgIpc) is 2.63. The van der Waals surface area contributed by atoms with Crippen molar-refractivity contribution in [2.75, 3.05) is 10.6 Å². The molecule has 134 valence electrons. The van der Waals surface area contributed by atoms with E-state index in [-0.39, 0.29) is 0 Å². The van der Waals surface area contributed by atoms with Gasteiger partial charge in [-0.2, -0.15) is 5.26 Å². The molecule has 0 saturated carbocycles. The van der Waals surface area contributed by atoms with Crippen molar-refractivity contribution in [3.05, 3.63) is 59.2 Å². The van der Waals surface area contributed by atoms with E-state index < -0.39 is 17.2 Å². The Morgan fingerprint density at radius 2 is 1.69 bits per heavy atom. The Kier molecular flexibility index (Phi) is 5.78. The van der Waals surface area contributed by atoms with E-state index >= 15 is 0 Å². The van der Waals surface area contributed by atoms with Crippen LogP contribution in [0.15, 0.2) is 42.5 Å². The lowest BCUT2D eigenvalue weighted by atomic mass is 9.90. The van der Waals surface area contributed by atoms with Crippen LogP contribution in [0, 0.1) is 23.7 Å². The van der Waals surface area contributed by atoms with Crippen LogP contribution in [-0.2, 0) is 16.0 Å². The number of amides is 2. The summed E-state index contributed by atoms with van der Waals surface area (Å²) in [5.41, 5.74) is 2.15. The first-order chi connectivity index (χ1) is 12.3. The van der Waals surface area contributed by atoms with Crippen molar-refractivity contribution < 1.29 is 9.59 Å². The number of hydrogen-bond acceptors (Lipinski definition) is 3. The van der Waals surface area contributed by atoms with Gasteiger partial charge in [0.25, 0.3) is 0 Å². The van der Waals surface area contributed by atoms with Crippen molar-refractivity contribution in [2.24, 2.45) is 5.41 Å². The molecule has 0 unspecified atom stereocenters. The minimum absolute atomic E-state index is 0.351. The summed E-state index contributed by atoms with van der Waals surface area (Å²) in [5.74, 6) is -0.863. The molecule has 5 heteroatoms. The molecule has 0 bridgehead atoms. The fourth-order valence-corrected chi connectivity index (χ4v) is 2.54. The van der Waals surface area contributed by atoms with Gasteiger partial charge >= 0.3 is 0 Å². The highest BCUT2D eigenvalue weighted by molar-refractivity contribution is 6.14. The molecule has 0 spiro atoms. The fourth-order valence-electron chi connectivity index (χ4n) is 2.54. The summed E-state index contributed by atoms with van der Waals surface area (Å²) in [4.78, 5) is 25.5. The van der Waals surface area contributed by atoms with Crippen LogP contribution in [0.3, 0.4) is 0 Å². The number of anilines is 2. The quantitative estimate of drug-likeness (QED) is 0.800. The Morgan fingerprint density at radius 3 is 2.35 bits per heavy atom. The molecule has 0 aliphatic heterocycles. The highest BCUT2D eigenvalue weighted by Gasteiger charge is 2.36. The van der Waals surface area contributed by atoms with E-state index in [1.54, 1.807) is 38.1 Å². The molecule has 2 amide bonds. The summed E-state index contributed by atoms with van der Waals surface area (Å²) < 4.78 is 0. The Bertz CT molecular complexity index is 879. The van der Waals surface area contributed by atoms with Crippen molar-refractivity contribution >= 4 is 23.2 Å². The highest BCUT2D eigenvalue weighted by atomic mass is 16.2. The van der Waals surface area contributed by atoms with Gasteiger partial charge in [-0.1, -0.05) is 37.3 Å². The molecule has 0 fully saturated rings. The van der Waals surface area contributed by atoms with Gasteiger partial charge in [0.1, 0.15) is 11.5 Å². The van der Waals surface area contributed by atoms with E-state index in [9.17, 15) is 9.59 Å². The molecule has 0 aromatic heterocycles. The first kappa shape index (κ1) is 19.2. The number of rotatable bonds is 5. The lowest BCUT2D eigenvalue weighted by molar-refractivity contribution is -0.135. The Morgan fingerprint density at radius 1 is 1.04 bits per heavy atom. The number of aryl methyl sites for hydroxylation is 2. The third-order valence-electron chi connectivity index (χ3n) is 4.41. The van der Waals surface area contributed by atoms with E-state index in [4.69, 9.17) is 5.26 Å². The molecule has 2 N–H and O–H groups in total. The molecular weight excluding hydrogens is 326 g/mol. The summed E-state index contributed by atoms with van der Waals surface area (Å²) >= 11 is 0. The Hall–Kier alpha value is -3.13. The van der Waals surface area contributed by atoms with Crippen LogP contribution >= 0.6 is 0 Å². The molecule has 2 rings (SSSR count). The van der Waals surface area contributed by atoms with Crippen molar-refractivity contribution in [1.29, 1.82) is 5.26 Å². The molecular formula is C21H23N3O2. The SMILES string of the molecule is CCc1cccc(C)c1NC(=O)C(C)(C)C(=O)Nc1ccccc1C#N. The van der Waals surface area contributed by atoms with Crippen LogP contribution in [0.5, 0.6) is 0 Å². The van der Waals surface area contributed by atoms with Crippen LogP contribution in [0.25, 0.3) is 0 Å². The van der Waals surface area contributed by atoms with E-state index in [0.29, 0.717) is 11.3 Å². The van der Waals surface area contributed by atoms with Gasteiger partial charge in [0, 0.05) is 5.69 Å². The van der Waals surface area contributed by atoms with Crippen LogP contribution in [0.2, 0.25) is 0 Å². The first-order valence-electron chi connectivity index (χ1n) is 8.51. The number of nitrogens with one attached hydrogen (secondary N) is 2. The third-order valence-corrected chi connectivity index (χ3v) is 4.41. The fraction of sp³-hybridized carbons (Fsp3) is 0.286. The van der Waals surface area contributed by atoms with Gasteiger partial charge in [-0.15, -0.1) is 0 Å². The molecule has 0 heterocycles. The average molecular weight is 349 g/mol. The predicted molar refractivity (Wildman–Crippen MR) is 103 cm³/mol. The topological polar surface area (TPSA) is 82.0 Å². The minimum atomic E-state index is -1.31. The number of nitriles is 1. The number of para-hydroxylation sites is 2. The second-order valence-corrected chi connectivity index (χ2v) is 6.65. The lowest BCUT2D eigenvalue weighted by Crippen LogP contribution is -2.42. The molecule has 2 aromatic rings. The van der Waals surface area contributed by atoms with E-state index in [1.165, 1.54) is 0 Å².